The maximum absolute atomic E-state index is 14.1. The van der Waals surface area contributed by atoms with Gasteiger partial charge >= 0.3 is 0 Å². The first kappa shape index (κ1) is 24.3. The van der Waals surface area contributed by atoms with Gasteiger partial charge in [-0.25, -0.2) is 17.8 Å². The number of rotatable bonds is 8. The zero-order chi connectivity index (χ0) is 25.8. The molecular weight excluding hydrogens is 499 g/mol. The molecule has 3 aromatic carbocycles. The minimum Gasteiger partial charge on any atom is -0.486 e. The highest BCUT2D eigenvalue weighted by Crippen LogP contribution is 2.34. The quantitative estimate of drug-likeness (QED) is 0.381. The molecule has 37 heavy (non-hydrogen) atoms. The molecule has 4 aromatic rings. The van der Waals surface area contributed by atoms with Gasteiger partial charge in [0.25, 0.3) is 10.0 Å². The Morgan fingerprint density at radius 3 is 2.62 bits per heavy atom. The van der Waals surface area contributed by atoms with E-state index in [9.17, 15) is 17.6 Å². The summed E-state index contributed by atoms with van der Waals surface area (Å²) in [7, 11) is -4.27. The lowest BCUT2D eigenvalue weighted by Crippen LogP contribution is -2.40. The second-order valence-corrected chi connectivity index (χ2v) is 10.0. The molecule has 0 unspecified atom stereocenters. The number of ether oxygens (including phenoxy) is 2. The van der Waals surface area contributed by atoms with Crippen LogP contribution in [0.2, 0.25) is 0 Å². The van der Waals surface area contributed by atoms with Crippen molar-refractivity contribution in [2.45, 2.75) is 11.4 Å². The molecule has 0 saturated carbocycles. The Hall–Kier alpha value is -4.38. The number of hydrogen-bond donors (Lipinski definition) is 1. The van der Waals surface area contributed by atoms with Crippen LogP contribution in [0.3, 0.4) is 0 Å². The number of carbonyl (C=O) groups excluding carboxylic acids is 1. The summed E-state index contributed by atoms with van der Waals surface area (Å²) in [5.41, 5.74) is 1.65. The van der Waals surface area contributed by atoms with Gasteiger partial charge in [-0.1, -0.05) is 24.3 Å². The number of anilines is 1. The van der Waals surface area contributed by atoms with Gasteiger partial charge in [0.15, 0.2) is 11.5 Å². The number of para-hydroxylation sites is 1. The van der Waals surface area contributed by atoms with Gasteiger partial charge in [-0.05, 0) is 42.0 Å². The predicted molar refractivity (Wildman–Crippen MR) is 134 cm³/mol. The first-order valence-electron chi connectivity index (χ1n) is 11.4. The molecule has 11 heteroatoms. The van der Waals surface area contributed by atoms with Crippen molar-refractivity contribution in [1.82, 2.24) is 14.9 Å². The molecule has 190 valence electrons. The summed E-state index contributed by atoms with van der Waals surface area (Å²) >= 11 is 0. The van der Waals surface area contributed by atoms with Crippen molar-refractivity contribution in [3.63, 3.8) is 0 Å². The van der Waals surface area contributed by atoms with E-state index in [0.29, 0.717) is 12.4 Å². The van der Waals surface area contributed by atoms with Crippen LogP contribution in [0.25, 0.3) is 5.69 Å². The summed E-state index contributed by atoms with van der Waals surface area (Å²) < 4.78 is 55.1. The number of carbonyl (C=O) groups is 1. The van der Waals surface area contributed by atoms with E-state index in [2.05, 4.69) is 10.3 Å². The summed E-state index contributed by atoms with van der Waals surface area (Å²) in [6.45, 7) is 0.230. The van der Waals surface area contributed by atoms with Crippen LogP contribution in [-0.4, -0.2) is 43.6 Å². The van der Waals surface area contributed by atoms with Crippen molar-refractivity contribution in [1.29, 1.82) is 0 Å². The maximum atomic E-state index is 14.1. The number of amides is 1. The first-order valence-corrected chi connectivity index (χ1v) is 12.9. The molecule has 1 N–H and O–H groups in total. The third kappa shape index (κ3) is 5.26. The van der Waals surface area contributed by atoms with Crippen LogP contribution in [-0.2, 0) is 21.4 Å². The summed E-state index contributed by atoms with van der Waals surface area (Å²) in [5, 5.41) is 2.77. The van der Waals surface area contributed by atoms with E-state index in [1.165, 1.54) is 36.4 Å². The van der Waals surface area contributed by atoms with Crippen LogP contribution in [0.1, 0.15) is 5.56 Å². The highest BCUT2D eigenvalue weighted by atomic mass is 32.2. The zero-order valence-corrected chi connectivity index (χ0v) is 20.4. The standard InChI is InChI=1S/C26H23FN4O5S/c27-20-5-3-6-21(14-20)31(37(33,34)22-8-9-24-25(15-22)36-13-12-35-24)17-26(32)29-16-19-4-1-2-7-23(19)30-11-10-28-18-30/h1-11,14-15,18H,12-13,16-17H2,(H,29,32). The van der Waals surface area contributed by atoms with Crippen LogP contribution < -0.4 is 19.1 Å². The average molecular weight is 523 g/mol. The van der Waals surface area contributed by atoms with E-state index in [1.807, 2.05) is 28.8 Å². The molecule has 9 nitrogen and oxygen atoms in total. The molecule has 0 bridgehead atoms. The number of nitrogens with zero attached hydrogens (tertiary/aromatic N) is 3. The molecule has 1 aromatic heterocycles. The highest BCUT2D eigenvalue weighted by molar-refractivity contribution is 7.92. The average Bonchev–Trinajstić information content (AvgIpc) is 3.45. The number of benzene rings is 3. The molecule has 1 aliphatic heterocycles. The van der Waals surface area contributed by atoms with E-state index in [0.717, 1.165) is 21.6 Å². The van der Waals surface area contributed by atoms with Gasteiger partial charge in [0.1, 0.15) is 25.6 Å². The molecule has 5 rings (SSSR count). The van der Waals surface area contributed by atoms with Gasteiger partial charge in [0.05, 0.1) is 22.6 Å². The molecule has 1 amide bonds. The van der Waals surface area contributed by atoms with Crippen molar-refractivity contribution in [2.24, 2.45) is 0 Å². The fraction of sp³-hybridized carbons (Fsp3) is 0.154. The lowest BCUT2D eigenvalue weighted by Gasteiger charge is -2.25. The minimum absolute atomic E-state index is 0.0175. The molecular formula is C26H23FN4O5S. The molecule has 0 atom stereocenters. The second kappa shape index (κ2) is 10.3. The third-order valence-electron chi connectivity index (χ3n) is 5.74. The summed E-state index contributed by atoms with van der Waals surface area (Å²) in [4.78, 5) is 17.0. The molecule has 0 saturated heterocycles. The van der Waals surface area contributed by atoms with Crippen molar-refractivity contribution < 1.29 is 27.1 Å². The number of fused-ring (bicyclic) bond motifs is 1. The minimum atomic E-state index is -4.27. The summed E-state index contributed by atoms with van der Waals surface area (Å²) in [6, 6.07) is 16.7. The normalized spacial score (nSPS) is 12.7. The van der Waals surface area contributed by atoms with Crippen LogP contribution >= 0.6 is 0 Å². The van der Waals surface area contributed by atoms with Crippen LogP contribution in [0, 0.1) is 5.82 Å². The van der Waals surface area contributed by atoms with Crippen molar-refractivity contribution >= 4 is 21.6 Å². The number of halogens is 1. The van der Waals surface area contributed by atoms with Gasteiger partial charge in [-0.2, -0.15) is 0 Å². The fourth-order valence-corrected chi connectivity index (χ4v) is 5.38. The highest BCUT2D eigenvalue weighted by Gasteiger charge is 2.29. The van der Waals surface area contributed by atoms with Gasteiger partial charge in [-0.15, -0.1) is 0 Å². The smallest absolute Gasteiger partial charge is 0.264 e. The third-order valence-corrected chi connectivity index (χ3v) is 7.51. The molecule has 0 aliphatic carbocycles. The predicted octanol–water partition coefficient (Wildman–Crippen LogP) is 3.29. The largest absolute Gasteiger partial charge is 0.486 e. The SMILES string of the molecule is O=C(CN(c1cccc(F)c1)S(=O)(=O)c1ccc2c(c1)OCCO2)NCc1ccccc1-n1ccnc1. The van der Waals surface area contributed by atoms with Gasteiger partial charge < -0.3 is 19.4 Å². The number of sulfonamides is 1. The lowest BCUT2D eigenvalue weighted by atomic mass is 10.1. The van der Waals surface area contributed by atoms with Gasteiger partial charge in [-0.3, -0.25) is 9.10 Å². The number of hydrogen-bond acceptors (Lipinski definition) is 6. The zero-order valence-electron chi connectivity index (χ0n) is 19.6. The second-order valence-electron chi connectivity index (χ2n) is 8.17. The Morgan fingerprint density at radius 2 is 1.84 bits per heavy atom. The van der Waals surface area contributed by atoms with Crippen molar-refractivity contribution in [3.05, 3.63) is 96.8 Å². The van der Waals surface area contributed by atoms with Gasteiger partial charge in [0, 0.05) is 25.0 Å². The number of nitrogens with one attached hydrogen (secondary N) is 1. The summed E-state index contributed by atoms with van der Waals surface area (Å²) in [5.74, 6) is -0.482. The van der Waals surface area contributed by atoms with Crippen LogP contribution in [0.15, 0.2) is 90.3 Å². The molecule has 0 spiro atoms. The molecule has 0 radical (unpaired) electrons. The van der Waals surface area contributed by atoms with E-state index >= 15 is 0 Å². The fourth-order valence-electron chi connectivity index (χ4n) is 3.95. The van der Waals surface area contributed by atoms with Crippen molar-refractivity contribution in [3.8, 4) is 17.2 Å². The topological polar surface area (TPSA) is 103 Å². The Bertz CT molecular complexity index is 1530. The Kier molecular flexibility index (Phi) is 6.78. The Labute approximate surface area is 213 Å². The molecule has 1 aliphatic rings. The Morgan fingerprint density at radius 1 is 1.03 bits per heavy atom. The van der Waals surface area contributed by atoms with E-state index < -0.39 is 28.3 Å². The molecule has 2 heterocycles. The monoisotopic (exact) mass is 522 g/mol. The molecule has 0 fully saturated rings. The Balaban J connectivity index is 1.40. The first-order chi connectivity index (χ1) is 17.9. The lowest BCUT2D eigenvalue weighted by molar-refractivity contribution is -0.119. The van der Waals surface area contributed by atoms with Crippen LogP contribution in [0.4, 0.5) is 10.1 Å². The van der Waals surface area contributed by atoms with Crippen molar-refractivity contribution in [2.75, 3.05) is 24.1 Å². The van der Waals surface area contributed by atoms with Gasteiger partial charge in [0.2, 0.25) is 5.91 Å². The number of imidazole rings is 1. The van der Waals surface area contributed by atoms with Crippen LogP contribution in [0.5, 0.6) is 11.5 Å². The van der Waals surface area contributed by atoms with E-state index in [-0.39, 0.29) is 29.5 Å². The number of aromatic nitrogens is 2. The summed E-state index contributed by atoms with van der Waals surface area (Å²) in [6.07, 6.45) is 5.08. The maximum Gasteiger partial charge on any atom is 0.264 e. The van der Waals surface area contributed by atoms with E-state index in [4.69, 9.17) is 9.47 Å². The van der Waals surface area contributed by atoms with E-state index in [1.54, 1.807) is 18.7 Å².